The second-order valence-electron chi connectivity index (χ2n) is 5.20. The molecule has 0 radical (unpaired) electrons. The molecule has 1 unspecified atom stereocenters. The van der Waals surface area contributed by atoms with Gasteiger partial charge in [0.1, 0.15) is 12.4 Å². The first kappa shape index (κ1) is 13.8. The van der Waals surface area contributed by atoms with Crippen LogP contribution in [0.4, 0.5) is 0 Å². The van der Waals surface area contributed by atoms with Crippen molar-refractivity contribution in [2.75, 3.05) is 0 Å². The van der Waals surface area contributed by atoms with E-state index in [2.05, 4.69) is 10.4 Å². The maximum absolute atomic E-state index is 12.1. The molecule has 0 aliphatic carbocycles. The number of amides is 1. The first-order chi connectivity index (χ1) is 9.11. The average molecular weight is 266 g/mol. The second kappa shape index (κ2) is 6.04. The average Bonchev–Trinajstić information content (AvgIpc) is 2.57. The smallest absolute Gasteiger partial charge is 0.346 e. The summed E-state index contributed by atoms with van der Waals surface area (Å²) in [6, 6.07) is 0.128. The molecule has 1 aromatic heterocycles. The minimum absolute atomic E-state index is 0.0170. The Morgan fingerprint density at radius 2 is 2.21 bits per heavy atom. The highest BCUT2D eigenvalue weighted by Gasteiger charge is 2.17. The number of carbonyl (C=O) groups is 1. The van der Waals surface area contributed by atoms with Crippen LogP contribution in [0.2, 0.25) is 0 Å². The Morgan fingerprint density at radius 3 is 2.95 bits per heavy atom. The third kappa shape index (κ3) is 3.24. The van der Waals surface area contributed by atoms with Gasteiger partial charge in [0.2, 0.25) is 5.91 Å². The zero-order valence-electron chi connectivity index (χ0n) is 11.7. The Morgan fingerprint density at radius 1 is 1.42 bits per heavy atom. The van der Waals surface area contributed by atoms with E-state index in [9.17, 15) is 9.59 Å². The molecule has 0 bridgehead atoms. The van der Waals surface area contributed by atoms with Crippen molar-refractivity contribution >= 4 is 5.91 Å². The summed E-state index contributed by atoms with van der Waals surface area (Å²) in [5.74, 6) is 0.670. The zero-order valence-corrected chi connectivity index (χ0v) is 11.7. The molecule has 0 aromatic carbocycles. The van der Waals surface area contributed by atoms with E-state index in [0.717, 1.165) is 44.5 Å². The topological polar surface area (TPSA) is 68.9 Å². The van der Waals surface area contributed by atoms with E-state index in [1.54, 1.807) is 4.57 Å². The van der Waals surface area contributed by atoms with Crippen LogP contribution in [0.25, 0.3) is 0 Å². The van der Waals surface area contributed by atoms with E-state index in [0.29, 0.717) is 0 Å². The number of aromatic nitrogens is 3. The normalized spacial score (nSPS) is 16.5. The summed E-state index contributed by atoms with van der Waals surface area (Å²) >= 11 is 0. The van der Waals surface area contributed by atoms with Crippen LogP contribution >= 0.6 is 0 Å². The summed E-state index contributed by atoms with van der Waals surface area (Å²) in [5, 5.41) is 7.14. The summed E-state index contributed by atoms with van der Waals surface area (Å²) in [4.78, 5) is 23.9. The maximum atomic E-state index is 12.1. The molecule has 0 saturated carbocycles. The van der Waals surface area contributed by atoms with E-state index in [-0.39, 0.29) is 24.2 Å². The van der Waals surface area contributed by atoms with Crippen LogP contribution in [-0.2, 0) is 24.3 Å². The highest BCUT2D eigenvalue weighted by atomic mass is 16.2. The van der Waals surface area contributed by atoms with Gasteiger partial charge in [-0.1, -0.05) is 13.3 Å². The Kier molecular flexibility index (Phi) is 4.39. The van der Waals surface area contributed by atoms with Gasteiger partial charge in [0.15, 0.2) is 0 Å². The quantitative estimate of drug-likeness (QED) is 0.871. The van der Waals surface area contributed by atoms with Crippen LogP contribution in [0, 0.1) is 0 Å². The van der Waals surface area contributed by atoms with Gasteiger partial charge in [-0.3, -0.25) is 9.36 Å². The standard InChI is InChI=1S/C13H22N4O2/c1-3-10(2)14-12(18)9-17-13(19)16-8-6-4-5-7-11(16)15-17/h10H,3-9H2,1-2H3,(H,14,18). The number of nitrogens with one attached hydrogen (secondary N) is 1. The lowest BCUT2D eigenvalue weighted by Crippen LogP contribution is -2.37. The highest BCUT2D eigenvalue weighted by molar-refractivity contribution is 5.75. The molecule has 6 heteroatoms. The molecule has 2 heterocycles. The van der Waals surface area contributed by atoms with Gasteiger partial charge in [-0.05, 0) is 26.2 Å². The van der Waals surface area contributed by atoms with Crippen LogP contribution < -0.4 is 11.0 Å². The van der Waals surface area contributed by atoms with Crippen LogP contribution in [0.3, 0.4) is 0 Å². The van der Waals surface area contributed by atoms with Gasteiger partial charge < -0.3 is 5.32 Å². The van der Waals surface area contributed by atoms with Crippen LogP contribution in [0.5, 0.6) is 0 Å². The number of aryl methyl sites for hydroxylation is 1. The molecule has 1 aliphatic rings. The van der Waals surface area contributed by atoms with Crippen molar-refractivity contribution in [1.29, 1.82) is 0 Å². The zero-order chi connectivity index (χ0) is 13.8. The molecule has 1 amide bonds. The number of fused-ring (bicyclic) bond motifs is 1. The predicted molar refractivity (Wildman–Crippen MR) is 71.9 cm³/mol. The third-order valence-electron chi connectivity index (χ3n) is 3.59. The highest BCUT2D eigenvalue weighted by Crippen LogP contribution is 2.10. The van der Waals surface area contributed by atoms with Gasteiger partial charge in [0.05, 0.1) is 0 Å². The van der Waals surface area contributed by atoms with Crippen molar-refractivity contribution in [3.8, 4) is 0 Å². The molecule has 1 N–H and O–H groups in total. The molecule has 1 atom stereocenters. The molecule has 0 spiro atoms. The predicted octanol–water partition coefficient (Wildman–Crippen LogP) is 0.686. The monoisotopic (exact) mass is 266 g/mol. The minimum atomic E-state index is -0.156. The molecule has 1 aromatic rings. The molecule has 1 aliphatic heterocycles. The van der Waals surface area contributed by atoms with Crippen molar-refractivity contribution in [2.24, 2.45) is 0 Å². The Labute approximate surface area is 112 Å². The fourth-order valence-electron chi connectivity index (χ4n) is 2.29. The van der Waals surface area contributed by atoms with Crippen LogP contribution in [0.15, 0.2) is 4.79 Å². The first-order valence-corrected chi connectivity index (χ1v) is 7.07. The van der Waals surface area contributed by atoms with Gasteiger partial charge in [0, 0.05) is 19.0 Å². The van der Waals surface area contributed by atoms with Crippen LogP contribution in [0.1, 0.15) is 45.4 Å². The van der Waals surface area contributed by atoms with E-state index in [1.165, 1.54) is 4.68 Å². The van der Waals surface area contributed by atoms with E-state index in [4.69, 9.17) is 0 Å². The fraction of sp³-hybridized carbons (Fsp3) is 0.769. The molecule has 6 nitrogen and oxygen atoms in total. The van der Waals surface area contributed by atoms with E-state index >= 15 is 0 Å². The molecular weight excluding hydrogens is 244 g/mol. The molecule has 0 saturated heterocycles. The maximum Gasteiger partial charge on any atom is 0.346 e. The molecule has 106 valence electrons. The van der Waals surface area contributed by atoms with E-state index in [1.807, 2.05) is 13.8 Å². The largest absolute Gasteiger partial charge is 0.352 e. The summed E-state index contributed by atoms with van der Waals surface area (Å²) in [6.45, 7) is 4.70. The Bertz CT molecular complexity index is 503. The Hall–Kier alpha value is -1.59. The third-order valence-corrected chi connectivity index (χ3v) is 3.59. The van der Waals surface area contributed by atoms with Crippen molar-refractivity contribution in [3.05, 3.63) is 16.3 Å². The number of rotatable bonds is 4. The fourth-order valence-corrected chi connectivity index (χ4v) is 2.29. The number of hydrogen-bond donors (Lipinski definition) is 1. The van der Waals surface area contributed by atoms with Gasteiger partial charge in [-0.15, -0.1) is 0 Å². The second-order valence-corrected chi connectivity index (χ2v) is 5.20. The van der Waals surface area contributed by atoms with Crippen molar-refractivity contribution in [1.82, 2.24) is 19.7 Å². The lowest BCUT2D eigenvalue weighted by molar-refractivity contribution is -0.122. The van der Waals surface area contributed by atoms with Gasteiger partial charge in [-0.2, -0.15) is 5.10 Å². The van der Waals surface area contributed by atoms with Gasteiger partial charge in [0.25, 0.3) is 0 Å². The van der Waals surface area contributed by atoms with Crippen molar-refractivity contribution in [2.45, 2.75) is 65.1 Å². The number of carbonyl (C=O) groups excluding carboxylic acids is 1. The summed E-state index contributed by atoms with van der Waals surface area (Å²) < 4.78 is 3.00. The lowest BCUT2D eigenvalue weighted by Gasteiger charge is -2.10. The number of nitrogens with zero attached hydrogens (tertiary/aromatic N) is 3. The molecular formula is C13H22N4O2. The molecule has 19 heavy (non-hydrogen) atoms. The first-order valence-electron chi connectivity index (χ1n) is 7.07. The molecule has 0 fully saturated rings. The minimum Gasteiger partial charge on any atom is -0.352 e. The summed E-state index contributed by atoms with van der Waals surface area (Å²) in [5.41, 5.74) is -0.156. The van der Waals surface area contributed by atoms with Crippen molar-refractivity contribution < 1.29 is 4.79 Å². The summed E-state index contributed by atoms with van der Waals surface area (Å²) in [7, 11) is 0. The molecule has 2 rings (SSSR count). The Balaban J connectivity index is 2.09. The lowest BCUT2D eigenvalue weighted by atomic mass is 10.2. The van der Waals surface area contributed by atoms with Gasteiger partial charge >= 0.3 is 5.69 Å². The van der Waals surface area contributed by atoms with Crippen molar-refractivity contribution in [3.63, 3.8) is 0 Å². The van der Waals surface area contributed by atoms with E-state index < -0.39 is 0 Å². The SMILES string of the molecule is CCC(C)NC(=O)Cn1nc2n(c1=O)CCCCC2. The summed E-state index contributed by atoms with van der Waals surface area (Å²) in [6.07, 6.45) is 4.92. The van der Waals surface area contributed by atoms with Crippen LogP contribution in [-0.4, -0.2) is 26.3 Å². The van der Waals surface area contributed by atoms with Gasteiger partial charge in [-0.25, -0.2) is 9.48 Å². The number of hydrogen-bond acceptors (Lipinski definition) is 3.